The second kappa shape index (κ2) is 7.51. The molecular weight excluding hydrogens is 334 g/mol. The fraction of sp³-hybridized carbons (Fsp3) is 0.100. The van der Waals surface area contributed by atoms with Crippen molar-refractivity contribution >= 4 is 15.8 Å². The summed E-state index contributed by atoms with van der Waals surface area (Å²) in [6.45, 7) is 1.26. The first-order chi connectivity index (χ1) is 12.0. The molecule has 0 aliphatic heterocycles. The summed E-state index contributed by atoms with van der Waals surface area (Å²) in [5.41, 5.74) is 2.98. The van der Waals surface area contributed by atoms with E-state index in [4.69, 9.17) is 0 Å². The van der Waals surface area contributed by atoms with Crippen molar-refractivity contribution in [3.63, 3.8) is 0 Å². The number of rotatable bonds is 6. The van der Waals surface area contributed by atoms with E-state index in [2.05, 4.69) is 4.90 Å². The molecule has 3 aromatic rings. The summed E-state index contributed by atoms with van der Waals surface area (Å²) in [5.74, 6) is 0. The first-order valence-corrected chi connectivity index (χ1v) is 9.37. The zero-order chi connectivity index (χ0) is 17.7. The van der Waals surface area contributed by atoms with Gasteiger partial charge in [0.15, 0.2) is 0 Å². The Labute approximate surface area is 148 Å². The van der Waals surface area contributed by atoms with Gasteiger partial charge >= 0.3 is 0 Å². The molecule has 0 fully saturated rings. The Bertz CT molecular complexity index is 884. The van der Waals surface area contributed by atoms with Gasteiger partial charge in [0.2, 0.25) is 0 Å². The second-order valence-corrected chi connectivity index (χ2v) is 7.22. The molecule has 1 N–H and O–H groups in total. The average Bonchev–Trinajstić information content (AvgIpc) is 2.62. The lowest BCUT2D eigenvalue weighted by Crippen LogP contribution is -2.22. The summed E-state index contributed by atoms with van der Waals surface area (Å²) in [4.78, 5) is 1.98. The van der Waals surface area contributed by atoms with Crippen molar-refractivity contribution in [1.82, 2.24) is 0 Å². The third-order valence-electron chi connectivity index (χ3n) is 3.91. The largest absolute Gasteiger partial charge is 0.363 e. The van der Waals surface area contributed by atoms with E-state index in [-0.39, 0.29) is 4.90 Å². The van der Waals surface area contributed by atoms with Gasteiger partial charge in [-0.1, -0.05) is 66.7 Å². The Morgan fingerprint density at radius 3 is 1.72 bits per heavy atom. The van der Waals surface area contributed by atoms with Gasteiger partial charge in [0.25, 0.3) is 10.1 Å². The lowest BCUT2D eigenvalue weighted by Gasteiger charge is -2.25. The van der Waals surface area contributed by atoms with Crippen LogP contribution in [0.25, 0.3) is 0 Å². The Balaban J connectivity index is 1.95. The van der Waals surface area contributed by atoms with Crippen molar-refractivity contribution in [3.05, 3.63) is 96.1 Å². The molecule has 25 heavy (non-hydrogen) atoms. The van der Waals surface area contributed by atoms with Gasteiger partial charge in [-0.25, -0.2) is 0 Å². The van der Waals surface area contributed by atoms with Crippen LogP contribution in [-0.2, 0) is 23.2 Å². The summed E-state index contributed by atoms with van der Waals surface area (Å²) in [6.07, 6.45) is 0. The Hall–Kier alpha value is -2.63. The Morgan fingerprint density at radius 2 is 1.24 bits per heavy atom. The van der Waals surface area contributed by atoms with Gasteiger partial charge in [0.1, 0.15) is 0 Å². The highest BCUT2D eigenvalue weighted by Gasteiger charge is 2.14. The maximum atomic E-state index is 11.5. The molecule has 0 saturated carbocycles. The normalized spacial score (nSPS) is 11.2. The molecule has 5 heteroatoms. The molecule has 0 radical (unpaired) electrons. The van der Waals surface area contributed by atoms with E-state index < -0.39 is 10.1 Å². The number of anilines is 1. The van der Waals surface area contributed by atoms with E-state index in [1.807, 2.05) is 66.7 Å². The summed E-state index contributed by atoms with van der Waals surface area (Å²) in [7, 11) is -4.23. The minimum Gasteiger partial charge on any atom is -0.363 e. The van der Waals surface area contributed by atoms with E-state index in [0.29, 0.717) is 13.1 Å². The van der Waals surface area contributed by atoms with E-state index in [0.717, 1.165) is 16.8 Å². The molecule has 0 unspecified atom stereocenters. The van der Waals surface area contributed by atoms with Gasteiger partial charge in [-0.05, 0) is 29.3 Å². The molecule has 0 atom stereocenters. The SMILES string of the molecule is O=S(=O)(O)c1cccc(N(Cc2ccccc2)Cc2ccccc2)c1. The van der Waals surface area contributed by atoms with Gasteiger partial charge in [0.05, 0.1) is 4.90 Å². The van der Waals surface area contributed by atoms with Crippen LogP contribution in [0.3, 0.4) is 0 Å². The van der Waals surface area contributed by atoms with E-state index in [1.165, 1.54) is 12.1 Å². The summed E-state index contributed by atoms with van der Waals surface area (Å²) < 4.78 is 32.3. The monoisotopic (exact) mass is 353 g/mol. The van der Waals surface area contributed by atoms with Gasteiger partial charge in [0, 0.05) is 18.8 Å². The molecule has 3 aromatic carbocycles. The van der Waals surface area contributed by atoms with Crippen LogP contribution < -0.4 is 4.90 Å². The highest BCUT2D eigenvalue weighted by Crippen LogP contribution is 2.23. The maximum absolute atomic E-state index is 11.5. The molecule has 0 heterocycles. The maximum Gasteiger partial charge on any atom is 0.294 e. The molecule has 0 aliphatic rings. The van der Waals surface area contributed by atoms with Crippen molar-refractivity contribution < 1.29 is 13.0 Å². The first-order valence-electron chi connectivity index (χ1n) is 7.93. The minimum absolute atomic E-state index is 0.101. The number of benzene rings is 3. The molecule has 0 aliphatic carbocycles. The molecule has 0 amide bonds. The number of hydrogen-bond donors (Lipinski definition) is 1. The van der Waals surface area contributed by atoms with Crippen LogP contribution in [0.4, 0.5) is 5.69 Å². The number of hydrogen-bond acceptors (Lipinski definition) is 3. The summed E-state index contributed by atoms with van der Waals surface area (Å²) >= 11 is 0. The standard InChI is InChI=1S/C20H19NO3S/c22-25(23,24)20-13-7-12-19(14-20)21(15-17-8-3-1-4-9-17)16-18-10-5-2-6-11-18/h1-14H,15-16H2,(H,22,23,24). The van der Waals surface area contributed by atoms with Crippen molar-refractivity contribution in [2.24, 2.45) is 0 Å². The van der Waals surface area contributed by atoms with Gasteiger partial charge in [-0.3, -0.25) is 4.55 Å². The number of nitrogens with zero attached hydrogens (tertiary/aromatic N) is 1. The van der Waals surface area contributed by atoms with Crippen LogP contribution in [0.15, 0.2) is 89.8 Å². The third-order valence-corrected chi connectivity index (χ3v) is 4.76. The zero-order valence-corrected chi connectivity index (χ0v) is 14.4. The summed E-state index contributed by atoms with van der Waals surface area (Å²) in [6, 6.07) is 26.3. The summed E-state index contributed by atoms with van der Waals surface area (Å²) in [5, 5.41) is 0. The van der Waals surface area contributed by atoms with Crippen LogP contribution >= 0.6 is 0 Å². The second-order valence-electron chi connectivity index (χ2n) is 5.80. The van der Waals surface area contributed by atoms with Crippen molar-refractivity contribution in [3.8, 4) is 0 Å². The molecular formula is C20H19NO3S. The quantitative estimate of drug-likeness (QED) is 0.677. The zero-order valence-electron chi connectivity index (χ0n) is 13.6. The lowest BCUT2D eigenvalue weighted by atomic mass is 10.1. The molecule has 0 bridgehead atoms. The molecule has 4 nitrogen and oxygen atoms in total. The molecule has 0 spiro atoms. The van der Waals surface area contributed by atoms with Crippen LogP contribution in [0.1, 0.15) is 11.1 Å². The molecule has 128 valence electrons. The van der Waals surface area contributed by atoms with E-state index in [9.17, 15) is 13.0 Å². The van der Waals surface area contributed by atoms with E-state index >= 15 is 0 Å². The van der Waals surface area contributed by atoms with Crippen LogP contribution in [0, 0.1) is 0 Å². The topological polar surface area (TPSA) is 57.6 Å². The Kier molecular flexibility index (Phi) is 5.16. The van der Waals surface area contributed by atoms with Crippen molar-refractivity contribution in [2.45, 2.75) is 18.0 Å². The van der Waals surface area contributed by atoms with Crippen LogP contribution in [-0.4, -0.2) is 13.0 Å². The van der Waals surface area contributed by atoms with Gasteiger partial charge in [-0.15, -0.1) is 0 Å². The predicted molar refractivity (Wildman–Crippen MR) is 99.0 cm³/mol. The van der Waals surface area contributed by atoms with Crippen LogP contribution in [0.2, 0.25) is 0 Å². The average molecular weight is 353 g/mol. The fourth-order valence-corrected chi connectivity index (χ4v) is 3.21. The highest BCUT2D eigenvalue weighted by atomic mass is 32.2. The molecule has 3 rings (SSSR count). The van der Waals surface area contributed by atoms with E-state index in [1.54, 1.807) is 6.07 Å². The van der Waals surface area contributed by atoms with Gasteiger partial charge < -0.3 is 4.90 Å². The molecule has 0 aromatic heterocycles. The fourth-order valence-electron chi connectivity index (χ4n) is 2.69. The van der Waals surface area contributed by atoms with Gasteiger partial charge in [-0.2, -0.15) is 8.42 Å². The van der Waals surface area contributed by atoms with Crippen molar-refractivity contribution in [1.29, 1.82) is 0 Å². The predicted octanol–water partition coefficient (Wildman–Crippen LogP) is 4.14. The van der Waals surface area contributed by atoms with Crippen LogP contribution in [0.5, 0.6) is 0 Å². The lowest BCUT2D eigenvalue weighted by molar-refractivity contribution is 0.483. The minimum atomic E-state index is -4.23. The highest BCUT2D eigenvalue weighted by molar-refractivity contribution is 7.85. The Morgan fingerprint density at radius 1 is 0.720 bits per heavy atom. The smallest absolute Gasteiger partial charge is 0.294 e. The molecule has 0 saturated heterocycles. The van der Waals surface area contributed by atoms with Crippen molar-refractivity contribution in [2.75, 3.05) is 4.90 Å². The third kappa shape index (κ3) is 4.68. The first kappa shape index (κ1) is 17.2.